The highest BCUT2D eigenvalue weighted by Crippen LogP contribution is 2.35. The van der Waals surface area contributed by atoms with E-state index in [0.717, 1.165) is 21.2 Å². The number of rotatable bonds is 9. The van der Waals surface area contributed by atoms with Gasteiger partial charge in [-0.15, -0.1) is 0 Å². The molecule has 0 radical (unpaired) electrons. The third-order valence-electron chi connectivity index (χ3n) is 5.14. The van der Waals surface area contributed by atoms with Gasteiger partial charge in [0, 0.05) is 28.9 Å². The van der Waals surface area contributed by atoms with Crippen LogP contribution in [0, 0.1) is 0 Å². The highest BCUT2D eigenvalue weighted by Gasteiger charge is 2.21. The summed E-state index contributed by atoms with van der Waals surface area (Å²) in [6.07, 6.45) is 0.907. The summed E-state index contributed by atoms with van der Waals surface area (Å²) >= 11 is 3.46. The van der Waals surface area contributed by atoms with E-state index in [9.17, 15) is 9.90 Å². The predicted molar refractivity (Wildman–Crippen MR) is 125 cm³/mol. The maximum atomic E-state index is 12.8. The first kappa shape index (κ1) is 22.7. The summed E-state index contributed by atoms with van der Waals surface area (Å²) in [7, 11) is 3.20. The largest absolute Gasteiger partial charge is 0.508 e. The summed E-state index contributed by atoms with van der Waals surface area (Å²) in [4.78, 5) is 12.8. The van der Waals surface area contributed by atoms with Crippen LogP contribution < -0.4 is 14.8 Å². The van der Waals surface area contributed by atoms with E-state index >= 15 is 0 Å². The molecule has 0 aliphatic heterocycles. The minimum absolute atomic E-state index is 0.0753. The topological polar surface area (TPSA) is 67.8 Å². The van der Waals surface area contributed by atoms with Gasteiger partial charge in [-0.2, -0.15) is 0 Å². The number of carbonyl (C=O) groups is 1. The number of benzene rings is 3. The van der Waals surface area contributed by atoms with Crippen molar-refractivity contribution in [3.63, 3.8) is 0 Å². The Balaban J connectivity index is 1.68. The molecular formula is C25H26BrNO4. The van der Waals surface area contributed by atoms with Gasteiger partial charge < -0.3 is 19.9 Å². The molecule has 0 aliphatic rings. The Kier molecular flexibility index (Phi) is 7.95. The number of nitrogens with one attached hydrogen (secondary N) is 1. The van der Waals surface area contributed by atoms with Crippen molar-refractivity contribution in [1.82, 2.24) is 5.32 Å². The van der Waals surface area contributed by atoms with Gasteiger partial charge in [-0.25, -0.2) is 0 Å². The van der Waals surface area contributed by atoms with Crippen LogP contribution in [0.25, 0.3) is 0 Å². The summed E-state index contributed by atoms with van der Waals surface area (Å²) in [5, 5.41) is 13.4. The molecule has 5 nitrogen and oxygen atoms in total. The van der Waals surface area contributed by atoms with E-state index in [-0.39, 0.29) is 24.0 Å². The Bertz CT molecular complexity index is 1020. The lowest BCUT2D eigenvalue weighted by molar-refractivity contribution is -0.121. The zero-order valence-electron chi connectivity index (χ0n) is 17.6. The number of carbonyl (C=O) groups excluding carboxylic acids is 1. The maximum absolute atomic E-state index is 12.8. The van der Waals surface area contributed by atoms with Crippen LogP contribution in [0.2, 0.25) is 0 Å². The summed E-state index contributed by atoms with van der Waals surface area (Å²) in [5.74, 6) is 1.19. The van der Waals surface area contributed by atoms with E-state index in [1.807, 2.05) is 54.6 Å². The number of phenols is 1. The SMILES string of the molecule is COc1ccc(CCNC(=O)CC(c2ccccc2)c2cc(Br)ccc2O)cc1OC. The van der Waals surface area contributed by atoms with E-state index in [0.29, 0.717) is 24.5 Å². The molecule has 1 atom stereocenters. The van der Waals surface area contributed by atoms with E-state index in [1.165, 1.54) is 0 Å². The number of hydrogen-bond acceptors (Lipinski definition) is 4. The van der Waals surface area contributed by atoms with Gasteiger partial charge in [-0.05, 0) is 47.9 Å². The van der Waals surface area contributed by atoms with Crippen molar-refractivity contribution in [3.05, 3.63) is 87.9 Å². The van der Waals surface area contributed by atoms with Crippen molar-refractivity contribution in [2.75, 3.05) is 20.8 Å². The summed E-state index contributed by atoms with van der Waals surface area (Å²) in [6.45, 7) is 0.500. The Labute approximate surface area is 191 Å². The third kappa shape index (κ3) is 6.01. The normalized spacial score (nSPS) is 11.6. The van der Waals surface area contributed by atoms with Crippen LogP contribution >= 0.6 is 15.9 Å². The van der Waals surface area contributed by atoms with Crippen molar-refractivity contribution in [3.8, 4) is 17.2 Å². The highest BCUT2D eigenvalue weighted by atomic mass is 79.9. The molecule has 31 heavy (non-hydrogen) atoms. The lowest BCUT2D eigenvalue weighted by Crippen LogP contribution is -2.27. The molecule has 0 aliphatic carbocycles. The van der Waals surface area contributed by atoms with E-state index in [1.54, 1.807) is 26.4 Å². The molecule has 0 saturated carbocycles. The van der Waals surface area contributed by atoms with Crippen LogP contribution in [0.1, 0.15) is 29.0 Å². The molecule has 3 aromatic rings. The van der Waals surface area contributed by atoms with Gasteiger partial charge >= 0.3 is 0 Å². The van der Waals surface area contributed by atoms with Crippen molar-refractivity contribution in [2.24, 2.45) is 0 Å². The maximum Gasteiger partial charge on any atom is 0.220 e. The van der Waals surface area contributed by atoms with Crippen molar-refractivity contribution < 1.29 is 19.4 Å². The summed E-state index contributed by atoms with van der Waals surface area (Å²) in [6, 6.07) is 20.8. The summed E-state index contributed by atoms with van der Waals surface area (Å²) < 4.78 is 11.5. The second kappa shape index (κ2) is 10.9. The average Bonchev–Trinajstić information content (AvgIpc) is 2.79. The number of halogens is 1. The highest BCUT2D eigenvalue weighted by molar-refractivity contribution is 9.10. The first-order chi connectivity index (χ1) is 15.0. The van der Waals surface area contributed by atoms with Gasteiger partial charge in [0.15, 0.2) is 11.5 Å². The van der Waals surface area contributed by atoms with Crippen molar-refractivity contribution in [1.29, 1.82) is 0 Å². The molecule has 0 spiro atoms. The fourth-order valence-corrected chi connectivity index (χ4v) is 3.92. The van der Waals surface area contributed by atoms with Crippen LogP contribution in [0.4, 0.5) is 0 Å². The minimum Gasteiger partial charge on any atom is -0.508 e. The number of amides is 1. The number of ether oxygens (including phenoxy) is 2. The van der Waals surface area contributed by atoms with Crippen LogP contribution in [0.3, 0.4) is 0 Å². The smallest absolute Gasteiger partial charge is 0.220 e. The molecule has 3 aromatic carbocycles. The van der Waals surface area contributed by atoms with Gasteiger partial charge in [-0.1, -0.05) is 52.3 Å². The standard InChI is InChI=1S/C25H26BrNO4/c1-30-23-11-8-17(14-24(23)31-2)12-13-27-25(29)16-20(18-6-4-3-5-7-18)21-15-19(26)9-10-22(21)28/h3-11,14-15,20,28H,12-13,16H2,1-2H3,(H,27,29). The zero-order valence-corrected chi connectivity index (χ0v) is 19.2. The summed E-state index contributed by atoms with van der Waals surface area (Å²) in [5.41, 5.74) is 2.74. The van der Waals surface area contributed by atoms with Crippen molar-refractivity contribution >= 4 is 21.8 Å². The van der Waals surface area contributed by atoms with Crippen LogP contribution in [0.15, 0.2) is 71.2 Å². The van der Waals surface area contributed by atoms with Gasteiger partial charge in [-0.3, -0.25) is 4.79 Å². The molecule has 1 amide bonds. The fourth-order valence-electron chi connectivity index (χ4n) is 3.54. The second-order valence-electron chi connectivity index (χ2n) is 7.16. The molecule has 0 heterocycles. The molecule has 0 saturated heterocycles. The second-order valence-corrected chi connectivity index (χ2v) is 8.08. The van der Waals surface area contributed by atoms with Gasteiger partial charge in [0.05, 0.1) is 14.2 Å². The Morgan fingerprint density at radius 2 is 1.74 bits per heavy atom. The molecular weight excluding hydrogens is 458 g/mol. The van der Waals surface area contributed by atoms with Gasteiger partial charge in [0.25, 0.3) is 0 Å². The van der Waals surface area contributed by atoms with Crippen LogP contribution in [-0.2, 0) is 11.2 Å². The van der Waals surface area contributed by atoms with Gasteiger partial charge in [0.1, 0.15) is 5.75 Å². The van der Waals surface area contributed by atoms with Crippen LogP contribution in [0.5, 0.6) is 17.2 Å². The molecule has 6 heteroatoms. The van der Waals surface area contributed by atoms with E-state index < -0.39 is 0 Å². The molecule has 0 bridgehead atoms. The lowest BCUT2D eigenvalue weighted by Gasteiger charge is -2.19. The minimum atomic E-state index is -0.250. The Morgan fingerprint density at radius 1 is 1.00 bits per heavy atom. The quantitative estimate of drug-likeness (QED) is 0.446. The molecule has 162 valence electrons. The number of methoxy groups -OCH3 is 2. The Hall–Kier alpha value is -2.99. The fraction of sp³-hybridized carbons (Fsp3) is 0.240. The molecule has 1 unspecified atom stereocenters. The monoisotopic (exact) mass is 483 g/mol. The van der Waals surface area contributed by atoms with E-state index in [2.05, 4.69) is 21.2 Å². The molecule has 0 aromatic heterocycles. The lowest BCUT2D eigenvalue weighted by atomic mass is 9.87. The first-order valence-electron chi connectivity index (χ1n) is 10.0. The molecule has 0 fully saturated rings. The Morgan fingerprint density at radius 3 is 2.45 bits per heavy atom. The van der Waals surface area contributed by atoms with Crippen molar-refractivity contribution in [2.45, 2.75) is 18.8 Å². The van der Waals surface area contributed by atoms with E-state index in [4.69, 9.17) is 9.47 Å². The molecule has 3 rings (SSSR count). The molecule has 2 N–H and O–H groups in total. The van der Waals surface area contributed by atoms with Crippen LogP contribution in [-0.4, -0.2) is 31.8 Å². The third-order valence-corrected chi connectivity index (χ3v) is 5.63. The van der Waals surface area contributed by atoms with Gasteiger partial charge in [0.2, 0.25) is 5.91 Å². The first-order valence-corrected chi connectivity index (χ1v) is 10.8. The predicted octanol–water partition coefficient (Wildman–Crippen LogP) is 5.05. The number of phenolic OH excluding ortho intramolecular Hbond substituents is 1. The number of aromatic hydroxyl groups is 1. The zero-order chi connectivity index (χ0) is 22.2. The number of hydrogen-bond donors (Lipinski definition) is 2. The average molecular weight is 484 g/mol.